The Balaban J connectivity index is 1.10. The number of anilines is 1. The van der Waals surface area contributed by atoms with Crippen LogP contribution in [0.1, 0.15) is 87.3 Å². The highest BCUT2D eigenvalue weighted by atomic mass is 32.2. The average Bonchev–Trinajstić information content (AvgIpc) is 3.58. The molecule has 71 heavy (non-hydrogen) atoms. The van der Waals surface area contributed by atoms with Gasteiger partial charge >= 0.3 is 42.8 Å². The van der Waals surface area contributed by atoms with Gasteiger partial charge in [-0.25, -0.2) is 18.4 Å². The summed E-state index contributed by atoms with van der Waals surface area (Å²) in [6.07, 6.45) is 0.940. The van der Waals surface area contributed by atoms with Crippen molar-refractivity contribution in [1.29, 1.82) is 0 Å². The molecule has 16 nitrogen and oxygen atoms in total. The number of esters is 1. The zero-order valence-corrected chi connectivity index (χ0v) is 37.6. The normalized spacial score (nSPS) is 17.4. The summed E-state index contributed by atoms with van der Waals surface area (Å²) in [6.45, 7) is 5.32. The maximum absolute atomic E-state index is 16.2. The summed E-state index contributed by atoms with van der Waals surface area (Å²) < 4.78 is 214. The third-order valence-electron chi connectivity index (χ3n) is 11.8. The molecule has 2 N–H and O–H groups in total. The Morgan fingerprint density at radius 1 is 0.704 bits per heavy atom. The Morgan fingerprint density at radius 2 is 1.21 bits per heavy atom. The summed E-state index contributed by atoms with van der Waals surface area (Å²) in [5.74, 6) is -21.1. The molecule has 1 aliphatic carbocycles. The molecule has 0 radical (unpaired) electrons. The highest BCUT2D eigenvalue weighted by Crippen LogP contribution is 2.60. The van der Waals surface area contributed by atoms with Crippen LogP contribution in [0.2, 0.25) is 0 Å². The van der Waals surface area contributed by atoms with E-state index < -0.39 is 146 Å². The molecule has 28 heteroatoms. The first-order valence-corrected chi connectivity index (χ1v) is 23.5. The van der Waals surface area contributed by atoms with E-state index in [9.17, 15) is 62.4 Å². The van der Waals surface area contributed by atoms with Crippen LogP contribution in [-0.2, 0) is 30.6 Å². The molecule has 1 aromatic heterocycles. The molecule has 8 rings (SSSR count). The van der Waals surface area contributed by atoms with Crippen molar-refractivity contribution < 1.29 is 97.4 Å². The summed E-state index contributed by atoms with van der Waals surface area (Å²) in [7, 11) is -13.8. The minimum absolute atomic E-state index is 0.0289. The van der Waals surface area contributed by atoms with Crippen molar-refractivity contribution in [3.8, 4) is 23.0 Å². The van der Waals surface area contributed by atoms with Gasteiger partial charge in [0, 0.05) is 53.4 Å². The van der Waals surface area contributed by atoms with Gasteiger partial charge in [0.25, 0.3) is 11.8 Å². The zero-order chi connectivity index (χ0) is 51.9. The molecule has 0 unspecified atom stereocenters. The maximum atomic E-state index is 16.2. The van der Waals surface area contributed by atoms with Gasteiger partial charge in [-0.05, 0) is 88.1 Å². The van der Waals surface area contributed by atoms with Crippen molar-refractivity contribution in [2.45, 2.75) is 68.2 Å². The molecule has 2 aliphatic heterocycles. The Bertz CT molecular complexity index is 3260. The number of nitrogens with one attached hydrogen (secondary N) is 2. The Labute approximate surface area is 392 Å². The van der Waals surface area contributed by atoms with Crippen LogP contribution >= 0.6 is 0 Å². The van der Waals surface area contributed by atoms with E-state index in [2.05, 4.69) is 19.0 Å². The molecular weight excluding hydrogens is 1020 g/mol. The van der Waals surface area contributed by atoms with Crippen LogP contribution in [0.5, 0.6) is 23.0 Å². The van der Waals surface area contributed by atoms with Gasteiger partial charge in [-0.1, -0.05) is 0 Å². The van der Waals surface area contributed by atoms with Crippen molar-refractivity contribution in [2.24, 2.45) is 0 Å². The number of benzene rings is 4. The lowest BCUT2D eigenvalue weighted by atomic mass is 9.76. The SMILES string of the molecule is CCN(CC)c1ccc2cc(C(=O)N[C@H]3CC[C@H](NC(=O)c4ccc5c(c4)C4(OC5=O)c5cc(F)c(OS(=O)(=O)C(F)(F)F)c(F)c5Oc5c4cc(F)c(OS(=O)(=O)C(F)(F)F)c5F)CC3)c(=O)oc2c1. The van der Waals surface area contributed by atoms with E-state index in [1.165, 1.54) is 6.07 Å². The second-order valence-electron chi connectivity index (χ2n) is 16.0. The lowest BCUT2D eigenvalue weighted by Crippen LogP contribution is -2.44. The molecule has 4 aromatic carbocycles. The molecule has 0 saturated heterocycles. The van der Waals surface area contributed by atoms with E-state index in [1.54, 1.807) is 12.1 Å². The summed E-state index contributed by atoms with van der Waals surface area (Å²) in [6, 6.07) is 8.18. The molecule has 1 saturated carbocycles. The maximum Gasteiger partial charge on any atom is 0.534 e. The van der Waals surface area contributed by atoms with Gasteiger partial charge in [0.1, 0.15) is 11.1 Å². The third kappa shape index (κ3) is 8.68. The largest absolute Gasteiger partial charge is 0.534 e. The number of hydrogen-bond acceptors (Lipinski definition) is 14. The van der Waals surface area contributed by atoms with E-state index in [0.29, 0.717) is 18.5 Å². The van der Waals surface area contributed by atoms with E-state index in [0.717, 1.165) is 23.9 Å². The number of hydrogen-bond donors (Lipinski definition) is 2. The second kappa shape index (κ2) is 17.6. The van der Waals surface area contributed by atoms with Crippen LogP contribution in [0.3, 0.4) is 0 Å². The van der Waals surface area contributed by atoms with Crippen LogP contribution in [0.25, 0.3) is 11.0 Å². The van der Waals surface area contributed by atoms with Gasteiger partial charge in [-0.2, -0.15) is 52.0 Å². The zero-order valence-electron chi connectivity index (χ0n) is 35.9. The van der Waals surface area contributed by atoms with Crippen molar-refractivity contribution >= 4 is 54.7 Å². The van der Waals surface area contributed by atoms with Crippen LogP contribution in [0.15, 0.2) is 63.8 Å². The van der Waals surface area contributed by atoms with Gasteiger partial charge in [-0.15, -0.1) is 0 Å². The monoisotopic (exact) mass is 1050 g/mol. The average molecular weight is 1050 g/mol. The van der Waals surface area contributed by atoms with E-state index in [-0.39, 0.29) is 49.0 Å². The van der Waals surface area contributed by atoms with Crippen molar-refractivity contribution in [1.82, 2.24) is 10.6 Å². The molecule has 3 heterocycles. The van der Waals surface area contributed by atoms with E-state index >= 15 is 17.6 Å². The number of amides is 2. The molecular formula is C43H31F10N3O13S2. The molecule has 0 bridgehead atoms. The van der Waals surface area contributed by atoms with Crippen LogP contribution < -0.4 is 34.3 Å². The van der Waals surface area contributed by atoms with Crippen LogP contribution in [0.4, 0.5) is 49.6 Å². The third-order valence-corrected chi connectivity index (χ3v) is 13.7. The number of ether oxygens (including phenoxy) is 2. The summed E-state index contributed by atoms with van der Waals surface area (Å²) >= 11 is 0. The molecule has 1 fully saturated rings. The number of carbonyl (C=O) groups is 3. The van der Waals surface area contributed by atoms with Gasteiger partial charge in [0.2, 0.25) is 23.1 Å². The summed E-state index contributed by atoms with van der Waals surface area (Å²) in [5.41, 5.74) is -20.1. The lowest BCUT2D eigenvalue weighted by Gasteiger charge is -2.37. The fraction of sp³-hybridized carbons (Fsp3) is 0.302. The Kier molecular flexibility index (Phi) is 12.5. The van der Waals surface area contributed by atoms with Gasteiger partial charge in [0.05, 0.1) is 16.7 Å². The van der Waals surface area contributed by atoms with Gasteiger partial charge in [0.15, 0.2) is 28.7 Å². The summed E-state index contributed by atoms with van der Waals surface area (Å²) in [4.78, 5) is 55.5. The lowest BCUT2D eigenvalue weighted by molar-refractivity contribution is -0.0506. The summed E-state index contributed by atoms with van der Waals surface area (Å²) in [5, 5.41) is 5.97. The number of halogens is 10. The molecule has 5 aromatic rings. The first-order chi connectivity index (χ1) is 33.1. The first-order valence-electron chi connectivity index (χ1n) is 20.7. The number of alkyl halides is 6. The predicted octanol–water partition coefficient (Wildman–Crippen LogP) is 7.69. The fourth-order valence-electron chi connectivity index (χ4n) is 8.37. The number of fused-ring (bicyclic) bond motifs is 7. The number of carbonyl (C=O) groups excluding carboxylic acids is 3. The standard InChI is InChI=1S/C43H31F10N3O13S2/c1-3-56(4-2)22-11-5-18-13-24(39(59)65-30(18)15-22)38(58)55-21-9-7-20(8-10-21)54-37(57)19-6-12-23-25(14-19)41(67-40(23)60)26-16-28(44)35(68-70(61,62)42(48,49)50)31(46)33(26)66-34-27(41)17-29(45)36(32(34)47)69-71(63,64)43(51,52)53/h5-6,11-17,20-21H,3-4,7-10H2,1-2H3,(H,54,57)(H,55,58)/t20-,21-. The Morgan fingerprint density at radius 3 is 1.70 bits per heavy atom. The highest BCUT2D eigenvalue weighted by Gasteiger charge is 2.58. The Hall–Kier alpha value is -7.10. The highest BCUT2D eigenvalue weighted by molar-refractivity contribution is 7.88. The molecule has 1 spiro atoms. The van der Waals surface area contributed by atoms with E-state index in [4.69, 9.17) is 13.9 Å². The number of rotatable bonds is 11. The van der Waals surface area contributed by atoms with Crippen LogP contribution in [0, 0.1) is 23.3 Å². The smallest absolute Gasteiger partial charge is 0.450 e. The molecule has 378 valence electrons. The molecule has 3 aliphatic rings. The van der Waals surface area contributed by atoms with Crippen molar-refractivity contribution in [3.05, 3.63) is 122 Å². The minimum Gasteiger partial charge on any atom is -0.450 e. The van der Waals surface area contributed by atoms with Crippen molar-refractivity contribution in [3.63, 3.8) is 0 Å². The van der Waals surface area contributed by atoms with Crippen LogP contribution in [-0.4, -0.2) is 70.8 Å². The second-order valence-corrected chi connectivity index (χ2v) is 19.1. The minimum atomic E-state index is -6.90. The van der Waals surface area contributed by atoms with Gasteiger partial charge < -0.3 is 37.8 Å². The molecule has 2 amide bonds. The first kappa shape index (κ1) is 50.3. The predicted molar refractivity (Wildman–Crippen MR) is 223 cm³/mol. The number of nitrogens with zero attached hydrogens (tertiary/aromatic N) is 1. The van der Waals surface area contributed by atoms with E-state index in [1.807, 2.05) is 24.8 Å². The van der Waals surface area contributed by atoms with Gasteiger partial charge in [-0.3, -0.25) is 9.59 Å². The molecule has 0 atom stereocenters. The quantitative estimate of drug-likeness (QED) is 0.0427. The topological polar surface area (TPSA) is 214 Å². The van der Waals surface area contributed by atoms with Crippen molar-refractivity contribution in [2.75, 3.05) is 18.0 Å². The fourth-order valence-corrected chi connectivity index (χ4v) is 9.30.